The van der Waals surface area contributed by atoms with Crippen molar-refractivity contribution in [1.82, 2.24) is 9.80 Å². The fourth-order valence-corrected chi connectivity index (χ4v) is 14.9. The van der Waals surface area contributed by atoms with Crippen LogP contribution in [0.15, 0.2) is 130 Å². The average Bonchev–Trinajstić information content (AvgIpc) is 4.19. The molecule has 4 atom stereocenters. The number of carboxylic acids is 2. The van der Waals surface area contributed by atoms with Gasteiger partial charge in [0.05, 0.1) is 38.2 Å². The molecule has 0 bridgehead atoms. The topological polar surface area (TPSA) is 203 Å². The van der Waals surface area contributed by atoms with Gasteiger partial charge in [0.15, 0.2) is 5.60 Å². The number of carboxylic acid groups (broad SMARTS) is 2. The molecule has 2 N–H and O–H groups in total. The number of thioether (sulfide) groups is 2. The number of benzene rings is 3. The summed E-state index contributed by atoms with van der Waals surface area (Å²) in [4.78, 5) is 95.2. The number of fused-ring (bicyclic) bond motifs is 8. The lowest BCUT2D eigenvalue weighted by molar-refractivity contribution is -0.153. The summed E-state index contributed by atoms with van der Waals surface area (Å²) < 4.78 is 25.0. The second kappa shape index (κ2) is 20.5. The third-order valence-corrected chi connectivity index (χ3v) is 18.6. The van der Waals surface area contributed by atoms with Crippen LogP contribution < -0.4 is 14.2 Å². The molecule has 0 radical (unpaired) electrons. The van der Waals surface area contributed by atoms with Crippen molar-refractivity contribution in [2.75, 3.05) is 24.7 Å². The zero-order chi connectivity index (χ0) is 52.3. The molecule has 0 saturated carbocycles. The Morgan fingerprint density at radius 2 is 1.15 bits per heavy atom. The normalized spacial score (nSPS) is 22.2. The molecule has 8 heterocycles. The van der Waals surface area contributed by atoms with E-state index in [0.29, 0.717) is 33.4 Å². The molecule has 3 aromatic carbocycles. The van der Waals surface area contributed by atoms with Gasteiger partial charge in [0.2, 0.25) is 11.8 Å². The maximum Gasteiger partial charge on any atom is 0.352 e. The van der Waals surface area contributed by atoms with Gasteiger partial charge in [-0.15, -0.1) is 46.2 Å². The van der Waals surface area contributed by atoms with Crippen molar-refractivity contribution in [2.24, 2.45) is 11.8 Å². The first kappa shape index (κ1) is 50.5. The summed E-state index contributed by atoms with van der Waals surface area (Å²) in [6.45, 7) is -0.151. The van der Waals surface area contributed by atoms with Crippen LogP contribution in [0.1, 0.15) is 49.6 Å². The molecule has 2 saturated heterocycles. The van der Waals surface area contributed by atoms with Crippen LogP contribution in [0.3, 0.4) is 0 Å². The molecule has 2 aromatic heterocycles. The molecule has 1 spiro atoms. The Morgan fingerprint density at radius 1 is 0.667 bits per heavy atom. The second-order valence-corrected chi connectivity index (χ2v) is 23.2. The molecule has 382 valence electrons. The number of rotatable bonds is 18. The number of Topliss-reactive ketones (excluding diaryl/α,β-unsaturated/α-hetero) is 2. The maximum atomic E-state index is 13.6. The van der Waals surface area contributed by atoms with Crippen molar-refractivity contribution >= 4 is 111 Å². The van der Waals surface area contributed by atoms with Crippen molar-refractivity contribution in [3.63, 3.8) is 0 Å². The highest BCUT2D eigenvalue weighted by Crippen LogP contribution is 2.59. The van der Waals surface area contributed by atoms with Gasteiger partial charge in [0.25, 0.3) is 0 Å². The Labute approximate surface area is 454 Å². The Morgan fingerprint density at radius 3 is 1.60 bits per heavy atom. The van der Waals surface area contributed by atoms with Crippen LogP contribution in [0.25, 0.3) is 0 Å². The van der Waals surface area contributed by atoms with E-state index in [-0.39, 0.29) is 106 Å². The number of ketones is 2. The number of β-lactam (4-membered cyclic amide) rings is 2. The molecule has 0 aliphatic carbocycles. The van der Waals surface area contributed by atoms with E-state index in [2.05, 4.69) is 0 Å². The minimum atomic E-state index is -1.57. The molecule has 4 unspecified atom stereocenters. The van der Waals surface area contributed by atoms with Gasteiger partial charge in [0, 0.05) is 75.8 Å². The molecule has 6 aliphatic rings. The lowest BCUT2D eigenvalue weighted by Gasteiger charge is -2.49. The van der Waals surface area contributed by atoms with E-state index in [1.807, 2.05) is 35.0 Å². The largest absolute Gasteiger partial charge is 0.488 e. The highest BCUT2D eigenvalue weighted by Gasteiger charge is 2.56. The molecule has 15 nitrogen and oxygen atoms in total. The van der Waals surface area contributed by atoms with Crippen LogP contribution in [0, 0.1) is 11.8 Å². The predicted octanol–water partition coefficient (Wildman–Crippen LogP) is 9.70. The quantitative estimate of drug-likeness (QED) is 0.0619. The lowest BCUT2D eigenvalue weighted by atomic mass is 9.77. The standard InChI is InChI=1S/C54H40Cl2N2O13S4/c55-39-21-37-41(23-43(39)68-13-3-7-27-25-74-49-34(47(61)57(49)45(27)51(63)64)19-29(59)17-31-9-5-15-72-31)70-42-24-44(40(56)22-38(42)54(37)36-12-2-1-11-33(36)53(67)71-54)69-14-4-8-28-26-75-50-35(48(62)58(50)46(28)52(65)66)20-30(60)18-32-10-6-16-73-32/h1-12,15-16,21-24,34-35,49-50H,13-14,17-20,25-26H2,(H,63,64)(H,65,66)/b7-3+,8-4+. The maximum absolute atomic E-state index is 13.6. The minimum absolute atomic E-state index is 0.0383. The van der Waals surface area contributed by atoms with Crippen LogP contribution in [0.2, 0.25) is 10.0 Å². The highest BCUT2D eigenvalue weighted by molar-refractivity contribution is 8.00. The van der Waals surface area contributed by atoms with Gasteiger partial charge >= 0.3 is 17.9 Å². The minimum Gasteiger partial charge on any atom is -0.488 e. The first-order valence-corrected chi connectivity index (χ1v) is 28.0. The van der Waals surface area contributed by atoms with E-state index in [1.165, 1.54) is 56.0 Å². The number of amides is 2. The van der Waals surface area contributed by atoms with Crippen molar-refractivity contribution in [3.8, 4) is 23.0 Å². The van der Waals surface area contributed by atoms with Gasteiger partial charge in [-0.2, -0.15) is 0 Å². The first-order valence-electron chi connectivity index (χ1n) is 23.4. The van der Waals surface area contributed by atoms with E-state index < -0.39 is 57.9 Å². The third kappa shape index (κ3) is 9.16. The Balaban J connectivity index is 0.798. The second-order valence-electron chi connectivity index (χ2n) is 18.1. The highest BCUT2D eigenvalue weighted by atomic mass is 35.5. The number of thiophene rings is 2. The molecule has 21 heteroatoms. The number of halogens is 2. The Kier molecular flexibility index (Phi) is 13.8. The summed E-state index contributed by atoms with van der Waals surface area (Å²) in [5, 5.41) is 23.6. The molecule has 11 rings (SSSR count). The van der Waals surface area contributed by atoms with Crippen LogP contribution >= 0.6 is 69.4 Å². The Bertz CT molecular complexity index is 3200. The predicted molar refractivity (Wildman–Crippen MR) is 282 cm³/mol. The summed E-state index contributed by atoms with van der Waals surface area (Å²) in [5.41, 5.74) is 0.557. The van der Waals surface area contributed by atoms with E-state index >= 15 is 0 Å². The number of allylic oxidation sites excluding steroid dienone is 2. The fraction of sp³-hybridized carbons (Fsp3) is 0.241. The molecule has 75 heavy (non-hydrogen) atoms. The number of nitrogens with zero attached hydrogens (tertiary/aromatic N) is 2. The van der Waals surface area contributed by atoms with E-state index in [4.69, 9.17) is 42.1 Å². The van der Waals surface area contributed by atoms with Crippen molar-refractivity contribution in [1.29, 1.82) is 0 Å². The van der Waals surface area contributed by atoms with Crippen LogP contribution in [0.5, 0.6) is 23.0 Å². The molecule has 2 fully saturated rings. The van der Waals surface area contributed by atoms with E-state index in [9.17, 15) is 43.8 Å². The molecule has 5 aromatic rings. The number of esters is 1. The molecular formula is C54H40Cl2N2O13S4. The van der Waals surface area contributed by atoms with Crippen molar-refractivity contribution in [2.45, 2.75) is 42.0 Å². The first-order chi connectivity index (χ1) is 36.2. The number of hydrogen-bond acceptors (Lipinski definition) is 15. The van der Waals surface area contributed by atoms with Gasteiger partial charge in [0.1, 0.15) is 59.2 Å². The fourth-order valence-electron chi connectivity index (χ4n) is 10.2. The number of aliphatic carboxylic acids is 2. The van der Waals surface area contributed by atoms with E-state index in [0.717, 1.165) is 9.75 Å². The summed E-state index contributed by atoms with van der Waals surface area (Å²) in [6, 6.07) is 20.6. The van der Waals surface area contributed by atoms with Crippen LogP contribution in [-0.2, 0) is 51.9 Å². The van der Waals surface area contributed by atoms with Gasteiger partial charge in [-0.05, 0) is 64.4 Å². The molecular weight excluding hydrogens is 1080 g/mol. The van der Waals surface area contributed by atoms with Gasteiger partial charge < -0.3 is 29.2 Å². The number of carbonyl (C=O) groups excluding carboxylic acids is 5. The zero-order valence-electron chi connectivity index (χ0n) is 39.0. The smallest absolute Gasteiger partial charge is 0.352 e. The number of hydrogen-bond donors (Lipinski definition) is 2. The third-order valence-electron chi connectivity index (χ3n) is 13.5. The summed E-state index contributed by atoms with van der Waals surface area (Å²) in [6.07, 6.45) is 6.92. The van der Waals surface area contributed by atoms with Crippen molar-refractivity contribution in [3.05, 3.63) is 172 Å². The number of ether oxygens (including phenoxy) is 4. The van der Waals surface area contributed by atoms with Gasteiger partial charge in [-0.1, -0.05) is 65.7 Å². The monoisotopic (exact) mass is 1120 g/mol. The van der Waals surface area contributed by atoms with E-state index in [1.54, 1.807) is 72.8 Å². The summed E-state index contributed by atoms with van der Waals surface area (Å²) in [7, 11) is 0. The van der Waals surface area contributed by atoms with Crippen molar-refractivity contribution < 1.29 is 62.7 Å². The average molecular weight is 1120 g/mol. The van der Waals surface area contributed by atoms with Gasteiger partial charge in [-0.3, -0.25) is 29.0 Å². The van der Waals surface area contributed by atoms with Gasteiger partial charge in [-0.25, -0.2) is 14.4 Å². The lowest BCUT2D eigenvalue weighted by Crippen LogP contribution is -2.61. The Hall–Kier alpha value is -6.61. The zero-order valence-corrected chi connectivity index (χ0v) is 43.8. The summed E-state index contributed by atoms with van der Waals surface area (Å²) in [5.74, 6) is -3.88. The van der Waals surface area contributed by atoms with Crippen LogP contribution in [0.4, 0.5) is 0 Å². The SMILES string of the molecule is O=C(Cc1cccs1)CC1C(=O)N2C(C(=O)O)=C(/C=C/COc3cc4c(cc3Cl)C3(OC(=O)c5ccccc53)c3cc(Cl)c(OC/C=C/C5=C(C(=O)O)N6C(=O)C(CC(=O)Cc7cccs7)C6SC5)cc3O4)CSC12. The number of carbonyl (C=O) groups is 7. The molecule has 6 aliphatic heterocycles. The van der Waals surface area contributed by atoms with Crippen LogP contribution in [-0.4, -0.2) is 96.8 Å². The summed E-state index contributed by atoms with van der Waals surface area (Å²) >= 11 is 19.6. The molecule has 2 amide bonds.